The van der Waals surface area contributed by atoms with E-state index in [2.05, 4.69) is 5.43 Å². The van der Waals surface area contributed by atoms with Crippen LogP contribution in [-0.2, 0) is 9.47 Å². The van der Waals surface area contributed by atoms with E-state index in [1.807, 2.05) is 6.92 Å². The first-order valence-corrected chi connectivity index (χ1v) is 6.48. The standard InChI is InChI=1S/C14H21FN2O2/c1-10-9-11(15)3-4-12(10)13(17-16)14(18-2)5-7-19-8-6-14/h3-4,9,13,17H,5-8,16H2,1-2H3. The van der Waals surface area contributed by atoms with E-state index in [1.165, 1.54) is 12.1 Å². The molecule has 106 valence electrons. The molecule has 0 aliphatic carbocycles. The Kier molecular flexibility index (Phi) is 4.52. The lowest BCUT2D eigenvalue weighted by Crippen LogP contribution is -2.51. The molecule has 1 fully saturated rings. The van der Waals surface area contributed by atoms with Crippen molar-refractivity contribution < 1.29 is 13.9 Å². The van der Waals surface area contributed by atoms with Gasteiger partial charge >= 0.3 is 0 Å². The van der Waals surface area contributed by atoms with E-state index in [1.54, 1.807) is 13.2 Å². The summed E-state index contributed by atoms with van der Waals surface area (Å²) >= 11 is 0. The number of halogens is 1. The first-order valence-electron chi connectivity index (χ1n) is 6.48. The van der Waals surface area contributed by atoms with Gasteiger partial charge in [0.25, 0.3) is 0 Å². The van der Waals surface area contributed by atoms with E-state index < -0.39 is 5.60 Å². The fraction of sp³-hybridized carbons (Fsp3) is 0.571. The second-order valence-corrected chi connectivity index (χ2v) is 4.98. The van der Waals surface area contributed by atoms with Crippen molar-refractivity contribution in [2.45, 2.75) is 31.4 Å². The molecule has 0 bridgehead atoms. The Morgan fingerprint density at radius 1 is 1.42 bits per heavy atom. The van der Waals surface area contributed by atoms with Crippen molar-refractivity contribution in [1.29, 1.82) is 0 Å². The third kappa shape index (κ3) is 2.79. The van der Waals surface area contributed by atoms with Gasteiger partial charge in [0.15, 0.2) is 0 Å². The predicted molar refractivity (Wildman–Crippen MR) is 71.0 cm³/mol. The van der Waals surface area contributed by atoms with E-state index in [-0.39, 0.29) is 11.9 Å². The Morgan fingerprint density at radius 2 is 2.11 bits per heavy atom. The number of nitrogens with one attached hydrogen (secondary N) is 1. The SMILES string of the molecule is COC1(C(NN)c2ccc(F)cc2C)CCOCC1. The van der Waals surface area contributed by atoms with Crippen LogP contribution in [0.5, 0.6) is 0 Å². The summed E-state index contributed by atoms with van der Waals surface area (Å²) in [6.45, 7) is 3.17. The molecule has 1 unspecified atom stereocenters. The largest absolute Gasteiger partial charge is 0.381 e. The van der Waals surface area contributed by atoms with Gasteiger partial charge < -0.3 is 9.47 Å². The fourth-order valence-corrected chi connectivity index (χ4v) is 2.82. The maximum absolute atomic E-state index is 13.2. The zero-order valence-electron chi connectivity index (χ0n) is 11.4. The molecular weight excluding hydrogens is 247 g/mol. The number of nitrogens with two attached hydrogens (primary N) is 1. The van der Waals surface area contributed by atoms with Gasteiger partial charge in [-0.15, -0.1) is 0 Å². The number of ether oxygens (including phenoxy) is 2. The molecular formula is C14H21FN2O2. The highest BCUT2D eigenvalue weighted by Crippen LogP contribution is 2.38. The first-order chi connectivity index (χ1) is 9.13. The maximum Gasteiger partial charge on any atom is 0.123 e. The molecule has 0 spiro atoms. The molecule has 1 aliphatic rings. The van der Waals surface area contributed by atoms with Gasteiger partial charge in [-0.25, -0.2) is 4.39 Å². The highest BCUT2D eigenvalue weighted by molar-refractivity contribution is 5.32. The molecule has 1 heterocycles. The summed E-state index contributed by atoms with van der Waals surface area (Å²) in [6.07, 6.45) is 1.52. The van der Waals surface area contributed by atoms with Gasteiger partial charge in [-0.3, -0.25) is 11.3 Å². The van der Waals surface area contributed by atoms with E-state index in [0.29, 0.717) is 13.2 Å². The summed E-state index contributed by atoms with van der Waals surface area (Å²) in [5.74, 6) is 5.50. The monoisotopic (exact) mass is 268 g/mol. The number of methoxy groups -OCH3 is 1. The number of hydrogen-bond donors (Lipinski definition) is 2. The minimum absolute atomic E-state index is 0.179. The number of hydrogen-bond acceptors (Lipinski definition) is 4. The Balaban J connectivity index is 2.36. The van der Waals surface area contributed by atoms with Crippen molar-refractivity contribution in [2.24, 2.45) is 5.84 Å². The van der Waals surface area contributed by atoms with Gasteiger partial charge in [0.05, 0.1) is 11.6 Å². The quantitative estimate of drug-likeness (QED) is 0.646. The molecule has 0 aromatic heterocycles. The van der Waals surface area contributed by atoms with Crippen LogP contribution in [0.4, 0.5) is 4.39 Å². The summed E-state index contributed by atoms with van der Waals surface area (Å²) in [4.78, 5) is 0. The Bertz CT molecular complexity index is 433. The lowest BCUT2D eigenvalue weighted by atomic mass is 9.81. The van der Waals surface area contributed by atoms with Crippen LogP contribution in [0.1, 0.15) is 30.0 Å². The van der Waals surface area contributed by atoms with Crippen LogP contribution in [0, 0.1) is 12.7 Å². The molecule has 1 aromatic carbocycles. The van der Waals surface area contributed by atoms with Gasteiger partial charge in [-0.05, 0) is 30.2 Å². The second kappa shape index (κ2) is 5.96. The topological polar surface area (TPSA) is 56.5 Å². The summed E-state index contributed by atoms with van der Waals surface area (Å²) in [6, 6.07) is 4.56. The molecule has 4 nitrogen and oxygen atoms in total. The number of rotatable bonds is 4. The van der Waals surface area contributed by atoms with E-state index in [9.17, 15) is 4.39 Å². The molecule has 1 aromatic rings. The molecule has 1 saturated heterocycles. The highest BCUT2D eigenvalue weighted by Gasteiger charge is 2.41. The molecule has 1 aliphatic heterocycles. The lowest BCUT2D eigenvalue weighted by Gasteiger charge is -2.42. The van der Waals surface area contributed by atoms with Gasteiger partial charge in [0.1, 0.15) is 5.82 Å². The van der Waals surface area contributed by atoms with Crippen LogP contribution in [0.3, 0.4) is 0 Å². The Morgan fingerprint density at radius 3 is 2.63 bits per heavy atom. The number of benzene rings is 1. The average molecular weight is 268 g/mol. The van der Waals surface area contributed by atoms with Crippen molar-refractivity contribution in [2.75, 3.05) is 20.3 Å². The summed E-state index contributed by atoms with van der Waals surface area (Å²) in [5.41, 5.74) is 4.26. The Labute approximate surface area is 113 Å². The molecule has 0 radical (unpaired) electrons. The molecule has 5 heteroatoms. The van der Waals surface area contributed by atoms with E-state index in [4.69, 9.17) is 15.3 Å². The van der Waals surface area contributed by atoms with Crippen molar-refractivity contribution in [1.82, 2.24) is 5.43 Å². The maximum atomic E-state index is 13.2. The minimum atomic E-state index is -0.407. The molecule has 19 heavy (non-hydrogen) atoms. The van der Waals surface area contributed by atoms with Crippen molar-refractivity contribution in [3.63, 3.8) is 0 Å². The third-order valence-electron chi connectivity index (χ3n) is 3.98. The van der Waals surface area contributed by atoms with Crippen LogP contribution >= 0.6 is 0 Å². The van der Waals surface area contributed by atoms with Crippen molar-refractivity contribution in [3.05, 3.63) is 35.1 Å². The Hall–Kier alpha value is -1.01. The normalized spacial score (nSPS) is 20.2. The predicted octanol–water partition coefficient (Wildman–Crippen LogP) is 1.83. The van der Waals surface area contributed by atoms with Gasteiger partial charge in [-0.1, -0.05) is 6.07 Å². The smallest absolute Gasteiger partial charge is 0.123 e. The molecule has 1 atom stereocenters. The van der Waals surface area contributed by atoms with Crippen molar-refractivity contribution >= 4 is 0 Å². The zero-order chi connectivity index (χ0) is 13.9. The van der Waals surface area contributed by atoms with Crippen LogP contribution < -0.4 is 11.3 Å². The zero-order valence-corrected chi connectivity index (χ0v) is 11.4. The minimum Gasteiger partial charge on any atom is -0.381 e. The number of hydrazine groups is 1. The molecule has 2 rings (SSSR count). The van der Waals surface area contributed by atoms with Crippen molar-refractivity contribution in [3.8, 4) is 0 Å². The van der Waals surface area contributed by atoms with E-state index in [0.717, 1.165) is 24.0 Å². The van der Waals surface area contributed by atoms with E-state index >= 15 is 0 Å². The lowest BCUT2D eigenvalue weighted by molar-refractivity contribution is -0.111. The summed E-state index contributed by atoms with van der Waals surface area (Å²) in [5, 5.41) is 0. The summed E-state index contributed by atoms with van der Waals surface area (Å²) in [7, 11) is 1.69. The van der Waals surface area contributed by atoms with Crippen LogP contribution in [0.25, 0.3) is 0 Å². The highest BCUT2D eigenvalue weighted by atomic mass is 19.1. The van der Waals surface area contributed by atoms with Gasteiger partial charge in [0, 0.05) is 33.2 Å². The number of aryl methyl sites for hydroxylation is 1. The fourth-order valence-electron chi connectivity index (χ4n) is 2.82. The molecule has 0 amide bonds. The van der Waals surface area contributed by atoms with Crippen LogP contribution in [0.2, 0.25) is 0 Å². The first kappa shape index (κ1) is 14.4. The third-order valence-corrected chi connectivity index (χ3v) is 3.98. The molecule has 0 saturated carbocycles. The van der Waals surface area contributed by atoms with Crippen LogP contribution in [-0.4, -0.2) is 25.9 Å². The summed E-state index contributed by atoms with van der Waals surface area (Å²) < 4.78 is 24.4. The van der Waals surface area contributed by atoms with Gasteiger partial charge in [0.2, 0.25) is 0 Å². The second-order valence-electron chi connectivity index (χ2n) is 4.98. The van der Waals surface area contributed by atoms with Crippen LogP contribution in [0.15, 0.2) is 18.2 Å². The van der Waals surface area contributed by atoms with Gasteiger partial charge in [-0.2, -0.15) is 0 Å². The molecule has 3 N–H and O–H groups in total. The average Bonchev–Trinajstić information content (AvgIpc) is 2.43.